The minimum absolute atomic E-state index is 0.893. The van der Waals surface area contributed by atoms with Crippen LogP contribution in [0.25, 0.3) is 27.3 Å². The van der Waals surface area contributed by atoms with Gasteiger partial charge in [-0.2, -0.15) is 5.10 Å². The van der Waals surface area contributed by atoms with Crippen LogP contribution in [0.4, 0.5) is 0 Å². The number of hydrogen-bond donors (Lipinski definition) is 0. The molecule has 0 amide bonds. The lowest BCUT2D eigenvalue weighted by atomic mass is 10.1. The largest absolute Gasteiger partial charge is 0.253 e. The quantitative estimate of drug-likeness (QED) is 0.561. The number of pyridine rings is 1. The molecule has 1 aromatic carbocycles. The average molecular weight is 320 g/mol. The number of aromatic nitrogens is 4. The summed E-state index contributed by atoms with van der Waals surface area (Å²) in [7, 11) is 0. The molecular weight excluding hydrogens is 304 g/mol. The van der Waals surface area contributed by atoms with Gasteiger partial charge in [-0.15, -0.1) is 11.3 Å². The molecule has 0 fully saturated rings. The molecule has 0 spiro atoms. The molecule has 0 aliphatic carbocycles. The highest BCUT2D eigenvalue weighted by Gasteiger charge is 2.10. The topological polar surface area (TPSA) is 43.6 Å². The van der Waals surface area contributed by atoms with E-state index in [0.717, 1.165) is 45.1 Å². The smallest absolute Gasteiger partial charge is 0.211 e. The van der Waals surface area contributed by atoms with Crippen molar-refractivity contribution in [1.29, 1.82) is 0 Å². The summed E-state index contributed by atoms with van der Waals surface area (Å²) in [6, 6.07) is 12.5. The van der Waals surface area contributed by atoms with E-state index in [4.69, 9.17) is 4.98 Å². The Balaban J connectivity index is 1.86. The number of rotatable bonds is 3. The first-order chi connectivity index (χ1) is 11.2. The number of fused-ring (bicyclic) bond motifs is 1. The Labute approximate surface area is 138 Å². The van der Waals surface area contributed by atoms with Crippen molar-refractivity contribution >= 4 is 22.2 Å². The Morgan fingerprint density at radius 3 is 2.83 bits per heavy atom. The van der Waals surface area contributed by atoms with Gasteiger partial charge in [0.2, 0.25) is 5.13 Å². The second-order valence-corrected chi connectivity index (χ2v) is 6.31. The maximum absolute atomic E-state index is 4.72. The van der Waals surface area contributed by atoms with E-state index in [2.05, 4.69) is 53.4 Å². The molecule has 0 atom stereocenters. The summed E-state index contributed by atoms with van der Waals surface area (Å²) in [5.74, 6) is 0. The fourth-order valence-electron chi connectivity index (χ4n) is 2.61. The van der Waals surface area contributed by atoms with E-state index < -0.39 is 0 Å². The third kappa shape index (κ3) is 2.53. The molecular formula is C18H16N4S. The minimum atomic E-state index is 0.893. The lowest BCUT2D eigenvalue weighted by Crippen LogP contribution is -1.96. The van der Waals surface area contributed by atoms with E-state index >= 15 is 0 Å². The minimum Gasteiger partial charge on any atom is -0.253 e. The molecule has 0 radical (unpaired) electrons. The van der Waals surface area contributed by atoms with Gasteiger partial charge in [-0.3, -0.25) is 4.98 Å². The first-order valence-corrected chi connectivity index (χ1v) is 8.49. The normalized spacial score (nSPS) is 11.2. The van der Waals surface area contributed by atoms with Crippen molar-refractivity contribution < 1.29 is 0 Å². The van der Waals surface area contributed by atoms with Crippen LogP contribution in [0.2, 0.25) is 0 Å². The Morgan fingerprint density at radius 2 is 2.04 bits per heavy atom. The summed E-state index contributed by atoms with van der Waals surface area (Å²) in [5.41, 5.74) is 5.27. The summed E-state index contributed by atoms with van der Waals surface area (Å²) < 4.78 is 1.90. The first-order valence-electron chi connectivity index (χ1n) is 7.61. The van der Waals surface area contributed by atoms with Crippen molar-refractivity contribution in [2.45, 2.75) is 20.3 Å². The third-order valence-electron chi connectivity index (χ3n) is 3.82. The maximum atomic E-state index is 4.72. The van der Waals surface area contributed by atoms with Gasteiger partial charge in [0.15, 0.2) is 0 Å². The van der Waals surface area contributed by atoms with Crippen LogP contribution < -0.4 is 0 Å². The highest BCUT2D eigenvalue weighted by molar-refractivity contribution is 7.12. The zero-order chi connectivity index (χ0) is 15.8. The molecule has 23 heavy (non-hydrogen) atoms. The summed E-state index contributed by atoms with van der Waals surface area (Å²) in [5, 5.41) is 8.53. The van der Waals surface area contributed by atoms with E-state index in [1.807, 2.05) is 23.2 Å². The molecule has 3 aromatic heterocycles. The van der Waals surface area contributed by atoms with Gasteiger partial charge in [-0.1, -0.05) is 25.1 Å². The fraction of sp³-hybridized carbons (Fsp3) is 0.167. The van der Waals surface area contributed by atoms with Crippen LogP contribution in [0, 0.1) is 6.92 Å². The number of nitrogens with zero attached hydrogens (tertiary/aromatic N) is 4. The van der Waals surface area contributed by atoms with Crippen molar-refractivity contribution in [2.24, 2.45) is 0 Å². The van der Waals surface area contributed by atoms with Crippen LogP contribution >= 0.6 is 11.3 Å². The third-order valence-corrected chi connectivity index (χ3v) is 4.76. The summed E-state index contributed by atoms with van der Waals surface area (Å²) >= 11 is 1.60. The highest BCUT2D eigenvalue weighted by atomic mass is 32.1. The van der Waals surface area contributed by atoms with Gasteiger partial charge < -0.3 is 0 Å². The summed E-state index contributed by atoms with van der Waals surface area (Å²) in [6.07, 6.45) is 2.82. The Morgan fingerprint density at radius 1 is 1.13 bits per heavy atom. The van der Waals surface area contributed by atoms with Crippen LogP contribution in [-0.4, -0.2) is 19.7 Å². The molecule has 0 N–H and O–H groups in total. The fourth-order valence-corrected chi connectivity index (χ4v) is 3.38. The van der Waals surface area contributed by atoms with Crippen molar-refractivity contribution in [3.05, 3.63) is 59.4 Å². The SMILES string of the molecule is CCc1cccc(-c2ccc3cnn(-c4nc(C)cs4)c3c2)n1. The molecule has 0 aliphatic rings. The van der Waals surface area contributed by atoms with E-state index in [1.165, 1.54) is 0 Å². The lowest BCUT2D eigenvalue weighted by Gasteiger charge is -2.05. The molecule has 0 bridgehead atoms. The average Bonchev–Trinajstić information content (AvgIpc) is 3.20. The molecule has 4 aromatic rings. The lowest BCUT2D eigenvalue weighted by molar-refractivity contribution is 0.893. The maximum Gasteiger partial charge on any atom is 0.211 e. The predicted octanol–water partition coefficient (Wildman–Crippen LogP) is 4.41. The second kappa shape index (κ2) is 5.59. The second-order valence-electron chi connectivity index (χ2n) is 5.47. The number of thiazole rings is 1. The standard InChI is InChI=1S/C18H16N4S/c1-3-15-5-4-6-16(21-15)13-7-8-14-10-19-22(17(14)9-13)18-20-12(2)11-23-18/h4-11H,3H2,1-2H3. The highest BCUT2D eigenvalue weighted by Crippen LogP contribution is 2.26. The van der Waals surface area contributed by atoms with Gasteiger partial charge in [0.05, 0.1) is 23.1 Å². The van der Waals surface area contributed by atoms with Gasteiger partial charge in [0.1, 0.15) is 0 Å². The molecule has 3 heterocycles. The van der Waals surface area contributed by atoms with Crippen LogP contribution in [0.1, 0.15) is 18.3 Å². The van der Waals surface area contributed by atoms with Crippen molar-refractivity contribution in [2.75, 3.05) is 0 Å². The van der Waals surface area contributed by atoms with E-state index in [-0.39, 0.29) is 0 Å². The predicted molar refractivity (Wildman–Crippen MR) is 94.1 cm³/mol. The summed E-state index contributed by atoms with van der Waals surface area (Å²) in [4.78, 5) is 9.25. The van der Waals surface area contributed by atoms with Crippen LogP contribution in [0.15, 0.2) is 48.0 Å². The van der Waals surface area contributed by atoms with E-state index in [1.54, 1.807) is 11.3 Å². The van der Waals surface area contributed by atoms with Crippen molar-refractivity contribution in [3.63, 3.8) is 0 Å². The van der Waals surface area contributed by atoms with Crippen molar-refractivity contribution in [3.8, 4) is 16.4 Å². The van der Waals surface area contributed by atoms with Crippen LogP contribution in [0.3, 0.4) is 0 Å². The Hall–Kier alpha value is -2.53. The van der Waals surface area contributed by atoms with Gasteiger partial charge in [-0.25, -0.2) is 9.67 Å². The van der Waals surface area contributed by atoms with Gasteiger partial charge >= 0.3 is 0 Å². The zero-order valence-corrected chi connectivity index (χ0v) is 13.8. The van der Waals surface area contributed by atoms with Gasteiger partial charge in [0, 0.05) is 22.0 Å². The van der Waals surface area contributed by atoms with Crippen molar-refractivity contribution in [1.82, 2.24) is 19.7 Å². The molecule has 4 nitrogen and oxygen atoms in total. The number of benzene rings is 1. The molecule has 5 heteroatoms. The van der Waals surface area contributed by atoms with E-state index in [9.17, 15) is 0 Å². The van der Waals surface area contributed by atoms with E-state index in [0.29, 0.717) is 0 Å². The Kier molecular flexibility index (Phi) is 3.42. The number of hydrogen-bond acceptors (Lipinski definition) is 4. The molecule has 0 saturated heterocycles. The molecule has 0 unspecified atom stereocenters. The number of aryl methyl sites for hydroxylation is 2. The summed E-state index contributed by atoms with van der Waals surface area (Å²) in [6.45, 7) is 4.12. The first kappa shape index (κ1) is 14.1. The molecule has 114 valence electrons. The van der Waals surface area contributed by atoms with Crippen LogP contribution in [0.5, 0.6) is 0 Å². The van der Waals surface area contributed by atoms with Crippen LogP contribution in [-0.2, 0) is 6.42 Å². The Bertz CT molecular complexity index is 984. The van der Waals surface area contributed by atoms with Gasteiger partial charge in [-0.05, 0) is 31.5 Å². The monoisotopic (exact) mass is 320 g/mol. The zero-order valence-electron chi connectivity index (χ0n) is 13.0. The molecule has 4 rings (SSSR count). The molecule has 0 saturated carbocycles. The van der Waals surface area contributed by atoms with Gasteiger partial charge in [0.25, 0.3) is 0 Å². The molecule has 0 aliphatic heterocycles.